The van der Waals surface area contributed by atoms with E-state index in [9.17, 15) is 4.79 Å². The second-order valence-electron chi connectivity index (χ2n) is 6.92. The van der Waals surface area contributed by atoms with Crippen LogP contribution in [0.1, 0.15) is 47.1 Å². The number of carbonyl (C=O) groups is 1. The Morgan fingerprint density at radius 1 is 0.963 bits per heavy atom. The predicted octanol–water partition coefficient (Wildman–Crippen LogP) is 5.87. The number of amides is 1. The summed E-state index contributed by atoms with van der Waals surface area (Å²) in [5.74, 6) is 1.58. The van der Waals surface area contributed by atoms with Gasteiger partial charge in [0.1, 0.15) is 11.5 Å². The highest BCUT2D eigenvalue weighted by atomic mass is 16.5. The van der Waals surface area contributed by atoms with Crippen LogP contribution < -0.4 is 10.1 Å². The van der Waals surface area contributed by atoms with Crippen molar-refractivity contribution in [2.45, 2.75) is 33.6 Å². The molecule has 3 rings (SSSR count). The zero-order valence-corrected chi connectivity index (χ0v) is 16.1. The number of rotatable bonds is 5. The van der Waals surface area contributed by atoms with Crippen molar-refractivity contribution >= 4 is 11.6 Å². The summed E-state index contributed by atoms with van der Waals surface area (Å²) in [7, 11) is 0. The molecule has 1 aromatic heterocycles. The minimum Gasteiger partial charge on any atom is -0.457 e. The van der Waals surface area contributed by atoms with Gasteiger partial charge in [-0.1, -0.05) is 37.6 Å². The molecule has 0 unspecified atom stereocenters. The second kappa shape index (κ2) is 8.04. The lowest BCUT2D eigenvalue weighted by molar-refractivity contribution is 0.102. The number of nitrogens with zero attached hydrogens (tertiary/aromatic N) is 1. The number of pyridine rings is 1. The molecule has 3 aromatic rings. The van der Waals surface area contributed by atoms with E-state index in [4.69, 9.17) is 4.74 Å². The predicted molar refractivity (Wildman–Crippen MR) is 109 cm³/mol. The van der Waals surface area contributed by atoms with Crippen molar-refractivity contribution in [3.05, 3.63) is 83.2 Å². The Morgan fingerprint density at radius 3 is 2.37 bits per heavy atom. The van der Waals surface area contributed by atoms with Gasteiger partial charge in [-0.15, -0.1) is 0 Å². The van der Waals surface area contributed by atoms with Crippen LogP contribution in [-0.2, 0) is 0 Å². The second-order valence-corrected chi connectivity index (χ2v) is 6.92. The molecular weight excluding hydrogens is 336 g/mol. The van der Waals surface area contributed by atoms with Crippen molar-refractivity contribution < 1.29 is 9.53 Å². The molecular formula is C23H24N2O2. The fourth-order valence-electron chi connectivity index (χ4n) is 2.72. The van der Waals surface area contributed by atoms with E-state index in [-0.39, 0.29) is 5.91 Å². The Kier molecular flexibility index (Phi) is 5.55. The lowest BCUT2D eigenvalue weighted by atomic mass is 10.1. The first kappa shape index (κ1) is 18.6. The number of aryl methyl sites for hydroxylation is 2. The summed E-state index contributed by atoms with van der Waals surface area (Å²) in [6.07, 6.45) is 0. The standard InChI is InChI=1S/C23H24N2O2/c1-15(2)22-13-12-21(17(4)24-22)23(26)25-18-6-5-7-20(14-18)27-19-10-8-16(3)9-11-19/h5-15H,1-4H3,(H,25,26). The summed E-state index contributed by atoms with van der Waals surface area (Å²) in [6, 6.07) is 18.9. The molecule has 4 nitrogen and oxygen atoms in total. The summed E-state index contributed by atoms with van der Waals surface area (Å²) < 4.78 is 5.86. The third kappa shape index (κ3) is 4.73. The molecule has 4 heteroatoms. The van der Waals surface area contributed by atoms with Gasteiger partial charge in [0.2, 0.25) is 0 Å². The van der Waals surface area contributed by atoms with Gasteiger partial charge >= 0.3 is 0 Å². The average molecular weight is 360 g/mol. The SMILES string of the molecule is Cc1ccc(Oc2cccc(NC(=O)c3ccc(C(C)C)nc3C)c2)cc1. The molecule has 0 aliphatic rings. The lowest BCUT2D eigenvalue weighted by Crippen LogP contribution is -2.14. The van der Waals surface area contributed by atoms with Gasteiger partial charge in [0, 0.05) is 17.4 Å². The van der Waals surface area contributed by atoms with Crippen LogP contribution >= 0.6 is 0 Å². The van der Waals surface area contributed by atoms with Crippen LogP contribution in [0.5, 0.6) is 11.5 Å². The van der Waals surface area contributed by atoms with Gasteiger partial charge in [-0.25, -0.2) is 0 Å². The number of aromatic nitrogens is 1. The zero-order chi connectivity index (χ0) is 19.4. The molecule has 138 valence electrons. The molecule has 0 bridgehead atoms. The summed E-state index contributed by atoms with van der Waals surface area (Å²) in [4.78, 5) is 17.2. The van der Waals surface area contributed by atoms with Crippen molar-refractivity contribution in [1.82, 2.24) is 4.98 Å². The molecule has 0 saturated heterocycles. The maximum absolute atomic E-state index is 12.6. The van der Waals surface area contributed by atoms with Crippen LogP contribution in [0, 0.1) is 13.8 Å². The fourth-order valence-corrected chi connectivity index (χ4v) is 2.72. The molecule has 27 heavy (non-hydrogen) atoms. The van der Waals surface area contributed by atoms with Crippen LogP contribution in [0.4, 0.5) is 5.69 Å². The number of nitrogens with one attached hydrogen (secondary N) is 1. The molecule has 1 N–H and O–H groups in total. The lowest BCUT2D eigenvalue weighted by Gasteiger charge is -2.11. The summed E-state index contributed by atoms with van der Waals surface area (Å²) in [6.45, 7) is 8.06. The van der Waals surface area contributed by atoms with Gasteiger partial charge in [-0.3, -0.25) is 9.78 Å². The van der Waals surface area contributed by atoms with E-state index in [0.717, 1.165) is 17.1 Å². The number of benzene rings is 2. The number of carbonyl (C=O) groups excluding carboxylic acids is 1. The normalized spacial score (nSPS) is 10.7. The van der Waals surface area contributed by atoms with Gasteiger partial charge in [0.05, 0.1) is 11.3 Å². The van der Waals surface area contributed by atoms with E-state index in [1.165, 1.54) is 5.56 Å². The van der Waals surface area contributed by atoms with E-state index >= 15 is 0 Å². The highest BCUT2D eigenvalue weighted by Crippen LogP contribution is 2.25. The summed E-state index contributed by atoms with van der Waals surface area (Å²) >= 11 is 0. The molecule has 1 heterocycles. The Morgan fingerprint density at radius 2 is 1.70 bits per heavy atom. The molecule has 1 amide bonds. The number of hydrogen-bond acceptors (Lipinski definition) is 3. The molecule has 2 aromatic carbocycles. The average Bonchev–Trinajstić information content (AvgIpc) is 2.63. The minimum atomic E-state index is -0.178. The van der Waals surface area contributed by atoms with Gasteiger partial charge in [-0.2, -0.15) is 0 Å². The van der Waals surface area contributed by atoms with E-state index in [2.05, 4.69) is 24.1 Å². The molecule has 0 spiro atoms. The van der Waals surface area contributed by atoms with Crippen molar-refractivity contribution in [2.75, 3.05) is 5.32 Å². The Bertz CT molecular complexity index is 947. The van der Waals surface area contributed by atoms with Gasteiger partial charge in [0.15, 0.2) is 0 Å². The first-order valence-corrected chi connectivity index (χ1v) is 9.06. The van der Waals surface area contributed by atoms with Crippen LogP contribution in [0.25, 0.3) is 0 Å². The maximum Gasteiger partial charge on any atom is 0.257 e. The van der Waals surface area contributed by atoms with Crippen molar-refractivity contribution in [3.63, 3.8) is 0 Å². The van der Waals surface area contributed by atoms with Crippen molar-refractivity contribution in [1.29, 1.82) is 0 Å². The molecule has 0 saturated carbocycles. The summed E-state index contributed by atoms with van der Waals surface area (Å²) in [5.41, 5.74) is 4.14. The van der Waals surface area contributed by atoms with Crippen molar-refractivity contribution in [3.8, 4) is 11.5 Å². The molecule has 0 atom stereocenters. The minimum absolute atomic E-state index is 0.178. The Balaban J connectivity index is 1.74. The quantitative estimate of drug-likeness (QED) is 0.619. The van der Waals surface area contributed by atoms with Crippen LogP contribution in [0.15, 0.2) is 60.7 Å². The van der Waals surface area contributed by atoms with Gasteiger partial charge in [-0.05, 0) is 56.2 Å². The van der Waals surface area contributed by atoms with Crippen LogP contribution in [-0.4, -0.2) is 10.9 Å². The van der Waals surface area contributed by atoms with E-state index in [0.29, 0.717) is 22.9 Å². The highest BCUT2D eigenvalue weighted by molar-refractivity contribution is 6.05. The van der Waals surface area contributed by atoms with E-state index < -0.39 is 0 Å². The topological polar surface area (TPSA) is 51.2 Å². The number of ether oxygens (including phenoxy) is 1. The first-order chi connectivity index (χ1) is 12.9. The zero-order valence-electron chi connectivity index (χ0n) is 16.1. The Labute approximate surface area is 160 Å². The third-order valence-corrected chi connectivity index (χ3v) is 4.29. The monoisotopic (exact) mass is 360 g/mol. The number of hydrogen-bond donors (Lipinski definition) is 1. The summed E-state index contributed by atoms with van der Waals surface area (Å²) in [5, 5.41) is 2.92. The first-order valence-electron chi connectivity index (χ1n) is 9.06. The van der Waals surface area contributed by atoms with E-state index in [1.807, 2.05) is 74.5 Å². The van der Waals surface area contributed by atoms with Gasteiger partial charge in [0.25, 0.3) is 5.91 Å². The van der Waals surface area contributed by atoms with Crippen LogP contribution in [0.3, 0.4) is 0 Å². The molecule has 0 fully saturated rings. The maximum atomic E-state index is 12.6. The largest absolute Gasteiger partial charge is 0.457 e. The van der Waals surface area contributed by atoms with Crippen molar-refractivity contribution in [2.24, 2.45) is 0 Å². The third-order valence-electron chi connectivity index (χ3n) is 4.29. The molecule has 0 radical (unpaired) electrons. The van der Waals surface area contributed by atoms with E-state index in [1.54, 1.807) is 0 Å². The smallest absolute Gasteiger partial charge is 0.257 e. The van der Waals surface area contributed by atoms with Crippen LogP contribution in [0.2, 0.25) is 0 Å². The number of anilines is 1. The Hall–Kier alpha value is -3.14. The molecule has 0 aliphatic heterocycles. The highest BCUT2D eigenvalue weighted by Gasteiger charge is 2.12. The van der Waals surface area contributed by atoms with Gasteiger partial charge < -0.3 is 10.1 Å². The fraction of sp³-hybridized carbons (Fsp3) is 0.217. The molecule has 0 aliphatic carbocycles.